The number of amides is 3. The summed E-state index contributed by atoms with van der Waals surface area (Å²) in [6, 6.07) is 3.58. The summed E-state index contributed by atoms with van der Waals surface area (Å²) in [5.74, 6) is -3.72. The molecule has 3 unspecified atom stereocenters. The van der Waals surface area contributed by atoms with Gasteiger partial charge in [0.15, 0.2) is 0 Å². The van der Waals surface area contributed by atoms with Crippen LogP contribution in [0, 0.1) is 17.7 Å². The van der Waals surface area contributed by atoms with Crippen LogP contribution in [0.15, 0.2) is 41.2 Å². The minimum absolute atomic E-state index is 0.0561. The number of hydrogen-bond donors (Lipinski definition) is 1. The highest BCUT2D eigenvalue weighted by Crippen LogP contribution is 2.60. The minimum atomic E-state index is -5.67. The van der Waals surface area contributed by atoms with Crippen LogP contribution in [0.1, 0.15) is 64.9 Å². The molecule has 0 saturated carbocycles. The summed E-state index contributed by atoms with van der Waals surface area (Å²) < 4.78 is 109. The largest absolute Gasteiger partial charge is 0.493 e. The van der Waals surface area contributed by atoms with E-state index in [2.05, 4.69) is 10.1 Å². The highest BCUT2D eigenvalue weighted by atomic mass is 19.4. The summed E-state index contributed by atoms with van der Waals surface area (Å²) in [4.78, 5) is 26.9. The van der Waals surface area contributed by atoms with Crippen LogP contribution in [0.4, 0.5) is 35.5 Å². The van der Waals surface area contributed by atoms with E-state index in [1.165, 1.54) is 18.2 Å². The van der Waals surface area contributed by atoms with E-state index in [0.717, 1.165) is 11.0 Å². The van der Waals surface area contributed by atoms with Crippen molar-refractivity contribution in [3.63, 3.8) is 0 Å². The van der Waals surface area contributed by atoms with E-state index in [4.69, 9.17) is 4.74 Å². The molecule has 3 aliphatic rings. The zero-order chi connectivity index (χ0) is 32.7. The summed E-state index contributed by atoms with van der Waals surface area (Å²) in [5, 5.41) is 2.67. The van der Waals surface area contributed by atoms with E-state index in [0.29, 0.717) is 53.6 Å². The van der Waals surface area contributed by atoms with E-state index in [-0.39, 0.29) is 26.0 Å². The van der Waals surface area contributed by atoms with E-state index >= 15 is 0 Å². The van der Waals surface area contributed by atoms with Gasteiger partial charge in [-0.25, -0.2) is 9.18 Å². The molecule has 2 saturated heterocycles. The van der Waals surface area contributed by atoms with Gasteiger partial charge in [0.1, 0.15) is 25.0 Å². The van der Waals surface area contributed by atoms with Crippen molar-refractivity contribution in [2.75, 3.05) is 19.8 Å². The third-order valence-corrected chi connectivity index (χ3v) is 8.72. The van der Waals surface area contributed by atoms with Crippen molar-refractivity contribution in [2.45, 2.75) is 82.8 Å². The molecule has 2 fully saturated rings. The highest BCUT2D eigenvalue weighted by molar-refractivity contribution is 6.32. The fraction of sp³-hybridized carbons (Fsp3) is 0.600. The minimum Gasteiger partial charge on any atom is -0.493 e. The summed E-state index contributed by atoms with van der Waals surface area (Å²) in [5.41, 5.74) is -4.21. The predicted octanol–water partition coefficient (Wildman–Crippen LogP) is 5.57. The number of imide groups is 1. The van der Waals surface area contributed by atoms with Gasteiger partial charge < -0.3 is 14.8 Å². The van der Waals surface area contributed by atoms with Crippen LogP contribution >= 0.6 is 0 Å². The van der Waals surface area contributed by atoms with Gasteiger partial charge in [0.25, 0.3) is 11.5 Å². The fourth-order valence-electron chi connectivity index (χ4n) is 6.44. The molecule has 2 aliphatic heterocycles. The molecular formula is C30H36BF7N2O4. The monoisotopic (exact) mass is 632 g/mol. The van der Waals surface area contributed by atoms with Gasteiger partial charge >= 0.3 is 18.4 Å². The lowest BCUT2D eigenvalue weighted by atomic mass is 9.70. The molecule has 6 nitrogen and oxygen atoms in total. The topological polar surface area (TPSA) is 67.9 Å². The second kappa shape index (κ2) is 12.4. The van der Waals surface area contributed by atoms with Gasteiger partial charge in [0, 0.05) is 18.4 Å². The Kier molecular flexibility index (Phi) is 9.54. The molecule has 2 heterocycles. The summed E-state index contributed by atoms with van der Waals surface area (Å²) in [6.07, 6.45) is -8.18. The van der Waals surface area contributed by atoms with Crippen LogP contribution in [-0.2, 0) is 19.8 Å². The number of fused-ring (bicyclic) bond motifs is 1. The Morgan fingerprint density at radius 2 is 1.73 bits per heavy atom. The normalized spacial score (nSPS) is 25.3. The quantitative estimate of drug-likeness (QED) is 0.150. The molecule has 44 heavy (non-hydrogen) atoms. The molecule has 242 valence electrons. The number of halogens is 7. The highest BCUT2D eigenvalue weighted by Gasteiger charge is 2.79. The van der Waals surface area contributed by atoms with Gasteiger partial charge in [0.2, 0.25) is 0 Å². The van der Waals surface area contributed by atoms with Crippen molar-refractivity contribution in [2.24, 2.45) is 11.8 Å². The standard InChI is InChI=1S/C30H36BF7N2O4/c1-4-8-17-14-21-20(16-44-28(21,29(33,34)35)30(36,37)38)19(9-5-2)24(17)43-13-7-6-12-40-25(41)27(3,39-26(40)42)18-10-11-23(32)22(31)15-18/h10-11,14-15,20-21H,4-9,12-13,16,31H2,1-3H3,(H,39,42). The van der Waals surface area contributed by atoms with Crippen LogP contribution in [0.2, 0.25) is 0 Å². The first-order valence-corrected chi connectivity index (χ1v) is 14.8. The van der Waals surface area contributed by atoms with Crippen molar-refractivity contribution in [1.82, 2.24) is 10.2 Å². The molecule has 1 aromatic rings. The molecule has 3 amide bonds. The molecule has 1 aliphatic carbocycles. The first-order chi connectivity index (χ1) is 20.5. The number of rotatable bonds is 11. The second-order valence-corrected chi connectivity index (χ2v) is 11.8. The lowest BCUT2D eigenvalue weighted by Gasteiger charge is -2.39. The number of carbonyl (C=O) groups is 2. The van der Waals surface area contributed by atoms with Gasteiger partial charge in [-0.05, 0) is 55.4 Å². The number of ether oxygens (including phenoxy) is 2. The SMILES string of the molecule is Bc1cc(C2(C)NC(=O)N(CCCCOC3=C(CCC)C4COC(C(F)(F)F)(C(F)(F)F)C4C=C3CCC)C2=O)ccc1F. The zero-order valence-corrected chi connectivity index (χ0v) is 25.1. The number of nitrogens with zero attached hydrogens (tertiary/aromatic N) is 1. The Morgan fingerprint density at radius 1 is 1.07 bits per heavy atom. The molecular weight excluding hydrogens is 596 g/mol. The molecule has 0 aromatic heterocycles. The average molecular weight is 632 g/mol. The van der Waals surface area contributed by atoms with Gasteiger partial charge in [-0.15, -0.1) is 0 Å². The van der Waals surface area contributed by atoms with Gasteiger partial charge in [-0.1, -0.05) is 50.4 Å². The van der Waals surface area contributed by atoms with E-state index in [1.54, 1.807) is 28.6 Å². The van der Waals surface area contributed by atoms with Gasteiger partial charge in [-0.3, -0.25) is 9.69 Å². The molecule has 3 atom stereocenters. The van der Waals surface area contributed by atoms with Crippen molar-refractivity contribution in [1.29, 1.82) is 0 Å². The maximum atomic E-state index is 14.1. The zero-order valence-electron chi connectivity index (χ0n) is 25.1. The lowest BCUT2D eigenvalue weighted by Crippen LogP contribution is -2.61. The smallest absolute Gasteiger partial charge is 0.427 e. The molecule has 0 spiro atoms. The number of nitrogens with one attached hydrogen (secondary N) is 1. The van der Waals surface area contributed by atoms with Crippen molar-refractivity contribution < 1.29 is 49.8 Å². The number of alkyl halides is 6. The Labute approximate surface area is 252 Å². The average Bonchev–Trinajstić information content (AvgIpc) is 3.43. The third kappa shape index (κ3) is 5.74. The maximum Gasteiger partial charge on any atom is 0.427 e. The van der Waals surface area contributed by atoms with Crippen molar-refractivity contribution >= 4 is 25.2 Å². The van der Waals surface area contributed by atoms with Crippen LogP contribution < -0.4 is 10.8 Å². The molecule has 0 bridgehead atoms. The summed E-state index contributed by atoms with van der Waals surface area (Å²) in [7, 11) is 1.55. The predicted molar refractivity (Wildman–Crippen MR) is 150 cm³/mol. The number of benzene rings is 1. The van der Waals surface area contributed by atoms with E-state index in [1.807, 2.05) is 0 Å². The number of carbonyl (C=O) groups excluding carboxylic acids is 2. The van der Waals surface area contributed by atoms with E-state index in [9.17, 15) is 40.3 Å². The molecule has 14 heteroatoms. The molecule has 1 aromatic carbocycles. The molecule has 1 N–H and O–H groups in total. The number of allylic oxidation sites excluding steroid dienone is 1. The summed E-state index contributed by atoms with van der Waals surface area (Å²) in [6.45, 7) is 4.49. The molecule has 0 radical (unpaired) electrons. The number of urea groups is 1. The summed E-state index contributed by atoms with van der Waals surface area (Å²) >= 11 is 0. The lowest BCUT2D eigenvalue weighted by molar-refractivity contribution is -0.376. The van der Waals surface area contributed by atoms with Crippen LogP contribution in [0.5, 0.6) is 0 Å². The van der Waals surface area contributed by atoms with Crippen molar-refractivity contribution in [3.8, 4) is 0 Å². The number of hydrogen-bond acceptors (Lipinski definition) is 4. The van der Waals surface area contributed by atoms with Crippen LogP contribution in [0.3, 0.4) is 0 Å². The Hall–Kier alpha value is -3.03. The number of unbranched alkanes of at least 4 members (excludes halogenated alkanes) is 1. The Bertz CT molecular complexity index is 1330. The van der Waals surface area contributed by atoms with Gasteiger partial charge in [-0.2, -0.15) is 26.3 Å². The Morgan fingerprint density at radius 3 is 2.32 bits per heavy atom. The Balaban J connectivity index is 1.47. The molecule has 4 rings (SSSR count). The third-order valence-electron chi connectivity index (χ3n) is 8.72. The van der Waals surface area contributed by atoms with Gasteiger partial charge in [0.05, 0.1) is 13.2 Å². The fourth-order valence-corrected chi connectivity index (χ4v) is 6.44. The second-order valence-electron chi connectivity index (χ2n) is 11.8. The van der Waals surface area contributed by atoms with Crippen LogP contribution in [0.25, 0.3) is 0 Å². The first kappa shape index (κ1) is 33.9. The maximum absolute atomic E-state index is 14.1. The van der Waals surface area contributed by atoms with Crippen molar-refractivity contribution in [3.05, 3.63) is 52.6 Å². The first-order valence-electron chi connectivity index (χ1n) is 14.8. The van der Waals surface area contributed by atoms with Crippen LogP contribution in [-0.4, -0.2) is 62.4 Å². The van der Waals surface area contributed by atoms with E-state index < -0.39 is 59.7 Å².